The topological polar surface area (TPSA) is 82.6 Å². The molecule has 0 fully saturated rings. The Balaban J connectivity index is 2.14. The molecule has 3 aromatic rings. The van der Waals surface area contributed by atoms with E-state index < -0.39 is 5.97 Å². The third-order valence-electron chi connectivity index (χ3n) is 4.64. The first-order valence-corrected chi connectivity index (χ1v) is 9.90. The number of ether oxygens (including phenoxy) is 3. The van der Waals surface area contributed by atoms with Crippen LogP contribution in [-0.2, 0) is 4.74 Å². The first kappa shape index (κ1) is 21.6. The van der Waals surface area contributed by atoms with Gasteiger partial charge in [-0.25, -0.2) is 14.8 Å². The predicted octanol–water partition coefficient (Wildman–Crippen LogP) is 5.23. The molecule has 0 atom stereocenters. The Labute approximate surface area is 180 Å². The lowest BCUT2D eigenvalue weighted by Crippen LogP contribution is -2.13. The number of esters is 1. The quantitative estimate of drug-likeness (QED) is 0.515. The number of fused-ring (bicyclic) bond motifs is 1. The van der Waals surface area contributed by atoms with Crippen molar-refractivity contribution in [3.05, 3.63) is 46.1 Å². The predicted molar refractivity (Wildman–Crippen MR) is 117 cm³/mol. The zero-order chi connectivity index (χ0) is 21.8. The van der Waals surface area contributed by atoms with E-state index in [2.05, 4.69) is 15.3 Å². The lowest BCUT2D eigenvalue weighted by Gasteiger charge is -2.16. The van der Waals surface area contributed by atoms with Crippen LogP contribution in [0.5, 0.6) is 11.5 Å². The van der Waals surface area contributed by atoms with Crippen molar-refractivity contribution in [2.45, 2.75) is 27.2 Å². The van der Waals surface area contributed by atoms with Gasteiger partial charge in [-0.2, -0.15) is 0 Å². The fraction of sp³-hybridized carbons (Fsp3) is 0.318. The summed E-state index contributed by atoms with van der Waals surface area (Å²) in [6, 6.07) is 7.14. The zero-order valence-corrected chi connectivity index (χ0v) is 18.4. The smallest absolute Gasteiger partial charge is 0.360 e. The molecule has 158 valence electrons. The van der Waals surface area contributed by atoms with Gasteiger partial charge in [-0.15, -0.1) is 0 Å². The van der Waals surface area contributed by atoms with Gasteiger partial charge in [-0.3, -0.25) is 0 Å². The summed E-state index contributed by atoms with van der Waals surface area (Å²) in [6.07, 6.45) is 0.704. The number of rotatable bonds is 7. The van der Waals surface area contributed by atoms with E-state index in [0.29, 0.717) is 46.3 Å². The van der Waals surface area contributed by atoms with Crippen LogP contribution in [0.3, 0.4) is 0 Å². The number of hydrogen-bond donors (Lipinski definition) is 1. The van der Waals surface area contributed by atoms with Crippen LogP contribution in [0.4, 0.5) is 11.5 Å². The average Bonchev–Trinajstić information content (AvgIpc) is 2.73. The van der Waals surface area contributed by atoms with E-state index in [4.69, 9.17) is 25.8 Å². The maximum atomic E-state index is 12.7. The first-order valence-electron chi connectivity index (χ1n) is 9.52. The van der Waals surface area contributed by atoms with Gasteiger partial charge >= 0.3 is 5.97 Å². The van der Waals surface area contributed by atoms with Crippen molar-refractivity contribution in [3.8, 4) is 11.5 Å². The molecule has 1 aromatic heterocycles. The molecule has 3 rings (SSSR count). The van der Waals surface area contributed by atoms with Gasteiger partial charge in [0.1, 0.15) is 11.5 Å². The summed E-state index contributed by atoms with van der Waals surface area (Å²) in [7, 11) is 3.05. The second-order valence-electron chi connectivity index (χ2n) is 6.79. The third-order valence-corrected chi connectivity index (χ3v) is 4.93. The van der Waals surface area contributed by atoms with Crippen LogP contribution in [0, 0.1) is 13.8 Å². The summed E-state index contributed by atoms with van der Waals surface area (Å²) >= 11 is 6.28. The SMILES string of the molecule is CCCOC(=O)c1nc2cc(C)c(C)cc2nc1Nc1cc(Cl)c(OC)cc1OC. The summed E-state index contributed by atoms with van der Waals surface area (Å²) in [6.45, 7) is 6.21. The third kappa shape index (κ3) is 4.41. The number of nitrogens with one attached hydrogen (secondary N) is 1. The molecular weight excluding hydrogens is 406 g/mol. The minimum atomic E-state index is -0.550. The van der Waals surface area contributed by atoms with Gasteiger partial charge in [0.25, 0.3) is 0 Å². The van der Waals surface area contributed by atoms with Crippen molar-refractivity contribution in [1.82, 2.24) is 9.97 Å². The van der Waals surface area contributed by atoms with Crippen molar-refractivity contribution < 1.29 is 19.0 Å². The van der Waals surface area contributed by atoms with Crippen molar-refractivity contribution in [2.75, 3.05) is 26.1 Å². The molecule has 0 radical (unpaired) electrons. The van der Waals surface area contributed by atoms with Crippen molar-refractivity contribution >= 4 is 40.1 Å². The Morgan fingerprint density at radius 1 is 1.00 bits per heavy atom. The number of hydrogen-bond acceptors (Lipinski definition) is 7. The molecule has 0 aliphatic carbocycles. The molecule has 0 aliphatic rings. The van der Waals surface area contributed by atoms with E-state index in [1.807, 2.05) is 32.9 Å². The van der Waals surface area contributed by atoms with Gasteiger partial charge in [0.15, 0.2) is 11.5 Å². The van der Waals surface area contributed by atoms with Gasteiger partial charge in [0, 0.05) is 6.07 Å². The second kappa shape index (κ2) is 9.17. The molecule has 0 saturated carbocycles. The Bertz CT molecular complexity index is 1100. The van der Waals surface area contributed by atoms with Gasteiger partial charge < -0.3 is 19.5 Å². The Morgan fingerprint density at radius 2 is 1.63 bits per heavy atom. The maximum absolute atomic E-state index is 12.7. The largest absolute Gasteiger partial charge is 0.495 e. The van der Waals surface area contributed by atoms with E-state index in [0.717, 1.165) is 11.1 Å². The highest BCUT2D eigenvalue weighted by molar-refractivity contribution is 6.32. The van der Waals surface area contributed by atoms with Crippen molar-refractivity contribution in [2.24, 2.45) is 0 Å². The van der Waals surface area contributed by atoms with E-state index in [-0.39, 0.29) is 11.5 Å². The Hall–Kier alpha value is -3.06. The lowest BCUT2D eigenvalue weighted by atomic mass is 10.1. The second-order valence-corrected chi connectivity index (χ2v) is 7.20. The standard InChI is InChI=1S/C22H24ClN3O4/c1-6-7-30-22(27)20-21(25-16-9-13(3)12(2)8-15(16)24-20)26-17-10-14(23)18(28-4)11-19(17)29-5/h8-11H,6-7H2,1-5H3,(H,25,26). The van der Waals surface area contributed by atoms with Crippen LogP contribution >= 0.6 is 11.6 Å². The lowest BCUT2D eigenvalue weighted by molar-refractivity contribution is 0.0499. The number of anilines is 2. The molecule has 1 N–H and O–H groups in total. The monoisotopic (exact) mass is 429 g/mol. The molecule has 7 nitrogen and oxygen atoms in total. The van der Waals surface area contributed by atoms with Crippen LogP contribution in [0.15, 0.2) is 24.3 Å². The summed E-state index contributed by atoms with van der Waals surface area (Å²) in [5.74, 6) is 0.653. The molecule has 0 aliphatic heterocycles. The summed E-state index contributed by atoms with van der Waals surface area (Å²) < 4.78 is 16.0. The number of carbonyl (C=O) groups is 1. The molecule has 2 aromatic carbocycles. The average molecular weight is 430 g/mol. The number of aryl methyl sites for hydroxylation is 2. The number of methoxy groups -OCH3 is 2. The summed E-state index contributed by atoms with van der Waals surface area (Å²) in [5, 5.41) is 3.51. The van der Waals surface area contributed by atoms with Gasteiger partial charge in [0.2, 0.25) is 0 Å². The first-order chi connectivity index (χ1) is 14.4. The van der Waals surface area contributed by atoms with E-state index in [1.54, 1.807) is 12.1 Å². The molecule has 0 bridgehead atoms. The number of halogens is 1. The normalized spacial score (nSPS) is 10.7. The highest BCUT2D eigenvalue weighted by atomic mass is 35.5. The van der Waals surface area contributed by atoms with Gasteiger partial charge in [0.05, 0.1) is 42.6 Å². The van der Waals surface area contributed by atoms with Gasteiger partial charge in [-0.05, 0) is 49.6 Å². The van der Waals surface area contributed by atoms with Crippen LogP contribution in [0.25, 0.3) is 11.0 Å². The molecule has 1 heterocycles. The molecule has 0 spiro atoms. The fourth-order valence-electron chi connectivity index (χ4n) is 2.89. The molecule has 0 unspecified atom stereocenters. The molecule has 0 saturated heterocycles. The van der Waals surface area contributed by atoms with Crippen LogP contribution < -0.4 is 14.8 Å². The number of aromatic nitrogens is 2. The van der Waals surface area contributed by atoms with Crippen LogP contribution in [0.2, 0.25) is 5.02 Å². The van der Waals surface area contributed by atoms with E-state index >= 15 is 0 Å². The zero-order valence-electron chi connectivity index (χ0n) is 17.6. The Morgan fingerprint density at radius 3 is 2.23 bits per heavy atom. The summed E-state index contributed by atoms with van der Waals surface area (Å²) in [4.78, 5) is 21.9. The van der Waals surface area contributed by atoms with E-state index in [9.17, 15) is 4.79 Å². The molecule has 30 heavy (non-hydrogen) atoms. The number of benzene rings is 2. The van der Waals surface area contributed by atoms with E-state index in [1.165, 1.54) is 14.2 Å². The molecule has 0 amide bonds. The maximum Gasteiger partial charge on any atom is 0.360 e. The molecular formula is C22H24ClN3O4. The van der Waals surface area contributed by atoms with Crippen molar-refractivity contribution in [1.29, 1.82) is 0 Å². The number of nitrogens with zero attached hydrogens (tertiary/aromatic N) is 2. The molecule has 8 heteroatoms. The Kier molecular flexibility index (Phi) is 6.62. The van der Waals surface area contributed by atoms with Crippen LogP contribution in [-0.4, -0.2) is 36.8 Å². The summed E-state index contributed by atoms with van der Waals surface area (Å²) in [5.41, 5.74) is 4.03. The minimum absolute atomic E-state index is 0.0909. The van der Waals surface area contributed by atoms with Gasteiger partial charge in [-0.1, -0.05) is 18.5 Å². The fourth-order valence-corrected chi connectivity index (χ4v) is 3.13. The minimum Gasteiger partial charge on any atom is -0.495 e. The van der Waals surface area contributed by atoms with Crippen LogP contribution in [0.1, 0.15) is 35.0 Å². The van der Waals surface area contributed by atoms with Crippen molar-refractivity contribution in [3.63, 3.8) is 0 Å². The number of carbonyl (C=O) groups excluding carboxylic acids is 1. The highest BCUT2D eigenvalue weighted by Crippen LogP contribution is 2.37. The highest BCUT2D eigenvalue weighted by Gasteiger charge is 2.20.